The Morgan fingerprint density at radius 1 is 1.41 bits per heavy atom. The van der Waals surface area contributed by atoms with Crippen molar-refractivity contribution in [2.24, 2.45) is 11.8 Å². The van der Waals surface area contributed by atoms with Crippen LogP contribution in [0.2, 0.25) is 10.0 Å². The van der Waals surface area contributed by atoms with Crippen molar-refractivity contribution in [3.8, 4) is 0 Å². The Morgan fingerprint density at radius 3 is 2.59 bits per heavy atom. The Labute approximate surface area is 112 Å². The second-order valence-corrected chi connectivity index (χ2v) is 5.19. The summed E-state index contributed by atoms with van der Waals surface area (Å²) in [6.45, 7) is 5.24. The third-order valence-electron chi connectivity index (χ3n) is 2.45. The molecule has 1 aromatic heterocycles. The zero-order chi connectivity index (χ0) is 13.0. The minimum Gasteiger partial charge on any atom is -0.358 e. The van der Waals surface area contributed by atoms with Crippen LogP contribution >= 0.6 is 23.2 Å². The number of halogens is 2. The van der Waals surface area contributed by atoms with Gasteiger partial charge in [-0.25, -0.2) is 10.8 Å². The lowest BCUT2D eigenvalue weighted by Gasteiger charge is -2.21. The van der Waals surface area contributed by atoms with Crippen molar-refractivity contribution < 1.29 is 0 Å². The SMILES string of the molecule is CC(C)CCN(C)c1nc(NN)c(Cl)cc1Cl. The lowest BCUT2D eigenvalue weighted by Crippen LogP contribution is -2.22. The first-order chi connectivity index (χ1) is 7.95. The molecular weight excluding hydrogens is 259 g/mol. The van der Waals surface area contributed by atoms with E-state index in [1.165, 1.54) is 0 Å². The van der Waals surface area contributed by atoms with Crippen molar-refractivity contribution in [2.75, 3.05) is 23.9 Å². The van der Waals surface area contributed by atoms with E-state index in [9.17, 15) is 0 Å². The van der Waals surface area contributed by atoms with Gasteiger partial charge in [-0.1, -0.05) is 37.0 Å². The summed E-state index contributed by atoms with van der Waals surface area (Å²) in [5, 5.41) is 0.943. The van der Waals surface area contributed by atoms with Crippen LogP contribution in [0.5, 0.6) is 0 Å². The maximum absolute atomic E-state index is 6.11. The number of hydrogen-bond acceptors (Lipinski definition) is 4. The van der Waals surface area contributed by atoms with Gasteiger partial charge in [0.25, 0.3) is 0 Å². The third kappa shape index (κ3) is 3.91. The molecule has 0 aromatic carbocycles. The molecule has 0 radical (unpaired) electrons. The molecule has 3 N–H and O–H groups in total. The number of nitrogens with one attached hydrogen (secondary N) is 1. The number of nitrogen functional groups attached to an aromatic ring is 1. The molecule has 4 nitrogen and oxygen atoms in total. The van der Waals surface area contributed by atoms with Gasteiger partial charge in [0.2, 0.25) is 0 Å². The van der Waals surface area contributed by atoms with Gasteiger partial charge in [0.05, 0.1) is 10.0 Å². The van der Waals surface area contributed by atoms with Gasteiger partial charge in [-0.2, -0.15) is 0 Å². The molecule has 0 saturated carbocycles. The number of hydrogen-bond donors (Lipinski definition) is 2. The second kappa shape index (κ2) is 6.28. The first-order valence-electron chi connectivity index (χ1n) is 5.49. The van der Waals surface area contributed by atoms with Crippen molar-refractivity contribution in [2.45, 2.75) is 20.3 Å². The van der Waals surface area contributed by atoms with Gasteiger partial charge in [0.1, 0.15) is 5.82 Å². The number of aromatic nitrogens is 1. The molecular formula is C11H18Cl2N4. The van der Waals surface area contributed by atoms with Crippen molar-refractivity contribution in [3.05, 3.63) is 16.1 Å². The monoisotopic (exact) mass is 276 g/mol. The zero-order valence-corrected chi connectivity index (χ0v) is 11.8. The van der Waals surface area contributed by atoms with Crippen LogP contribution < -0.4 is 16.2 Å². The summed E-state index contributed by atoms with van der Waals surface area (Å²) >= 11 is 12.0. The Kier molecular flexibility index (Phi) is 5.31. The van der Waals surface area contributed by atoms with E-state index >= 15 is 0 Å². The van der Waals surface area contributed by atoms with Crippen molar-refractivity contribution in [1.82, 2.24) is 4.98 Å². The third-order valence-corrected chi connectivity index (χ3v) is 3.02. The summed E-state index contributed by atoms with van der Waals surface area (Å²) in [7, 11) is 1.95. The standard InChI is InChI=1S/C11H18Cl2N4/c1-7(2)4-5-17(3)11-9(13)6-8(12)10(15-11)16-14/h6-7H,4-5,14H2,1-3H3,(H,15,16). The Morgan fingerprint density at radius 2 is 2.06 bits per heavy atom. The summed E-state index contributed by atoms with van der Waals surface area (Å²) in [5.74, 6) is 7.09. The lowest BCUT2D eigenvalue weighted by atomic mass is 10.1. The molecule has 0 aliphatic heterocycles. The summed E-state index contributed by atoms with van der Waals surface area (Å²) in [6, 6.07) is 1.65. The topological polar surface area (TPSA) is 54.2 Å². The highest BCUT2D eigenvalue weighted by Crippen LogP contribution is 2.30. The van der Waals surface area contributed by atoms with Crippen LogP contribution in [0, 0.1) is 5.92 Å². The molecule has 0 fully saturated rings. The Hall–Kier alpha value is -0.710. The van der Waals surface area contributed by atoms with Crippen LogP contribution in [-0.4, -0.2) is 18.6 Å². The number of pyridine rings is 1. The van der Waals surface area contributed by atoms with Gasteiger partial charge in [0.15, 0.2) is 5.82 Å². The largest absolute Gasteiger partial charge is 0.358 e. The molecule has 1 rings (SSSR count). The molecule has 0 aliphatic rings. The molecule has 96 valence electrons. The van der Waals surface area contributed by atoms with E-state index in [1.54, 1.807) is 6.07 Å². The normalized spacial score (nSPS) is 10.8. The van der Waals surface area contributed by atoms with Gasteiger partial charge in [0, 0.05) is 13.6 Å². The van der Waals surface area contributed by atoms with E-state index in [1.807, 2.05) is 11.9 Å². The molecule has 0 saturated heterocycles. The van der Waals surface area contributed by atoms with E-state index in [-0.39, 0.29) is 0 Å². The highest BCUT2D eigenvalue weighted by atomic mass is 35.5. The predicted octanol–water partition coefficient (Wildman–Crippen LogP) is 3.16. The summed E-state index contributed by atoms with van der Waals surface area (Å²) in [6.07, 6.45) is 1.07. The predicted molar refractivity (Wildman–Crippen MR) is 74.8 cm³/mol. The molecule has 0 aliphatic carbocycles. The molecule has 0 unspecified atom stereocenters. The smallest absolute Gasteiger partial charge is 0.161 e. The second-order valence-electron chi connectivity index (χ2n) is 4.37. The lowest BCUT2D eigenvalue weighted by molar-refractivity contribution is 0.584. The average molecular weight is 277 g/mol. The molecule has 17 heavy (non-hydrogen) atoms. The van der Waals surface area contributed by atoms with E-state index in [0.29, 0.717) is 27.6 Å². The van der Waals surface area contributed by atoms with E-state index in [4.69, 9.17) is 29.0 Å². The maximum atomic E-state index is 6.11. The summed E-state index contributed by atoms with van der Waals surface area (Å²) in [4.78, 5) is 6.29. The quantitative estimate of drug-likeness (QED) is 0.641. The van der Waals surface area contributed by atoms with Crippen LogP contribution in [0.1, 0.15) is 20.3 Å². The molecule has 1 heterocycles. The van der Waals surface area contributed by atoms with Gasteiger partial charge in [-0.3, -0.25) is 0 Å². The van der Waals surface area contributed by atoms with Crippen LogP contribution in [-0.2, 0) is 0 Å². The fraction of sp³-hybridized carbons (Fsp3) is 0.545. The summed E-state index contributed by atoms with van der Waals surface area (Å²) < 4.78 is 0. The zero-order valence-electron chi connectivity index (χ0n) is 10.3. The van der Waals surface area contributed by atoms with Crippen molar-refractivity contribution in [1.29, 1.82) is 0 Å². The molecule has 0 amide bonds. The highest BCUT2D eigenvalue weighted by Gasteiger charge is 2.12. The number of hydrazine groups is 1. The minimum atomic E-state index is 0.415. The first-order valence-corrected chi connectivity index (χ1v) is 6.25. The first kappa shape index (κ1) is 14.4. The van der Waals surface area contributed by atoms with E-state index in [2.05, 4.69) is 24.3 Å². The van der Waals surface area contributed by atoms with Crippen LogP contribution in [0.15, 0.2) is 6.07 Å². The van der Waals surface area contributed by atoms with Gasteiger partial charge >= 0.3 is 0 Å². The van der Waals surface area contributed by atoms with Gasteiger partial charge in [-0.15, -0.1) is 0 Å². The Balaban J connectivity index is 2.89. The maximum Gasteiger partial charge on any atom is 0.161 e. The van der Waals surface area contributed by atoms with Gasteiger partial charge < -0.3 is 10.3 Å². The van der Waals surface area contributed by atoms with Gasteiger partial charge in [-0.05, 0) is 18.4 Å². The fourth-order valence-corrected chi connectivity index (χ4v) is 1.94. The summed E-state index contributed by atoms with van der Waals surface area (Å²) in [5.41, 5.74) is 2.45. The molecule has 0 atom stereocenters. The van der Waals surface area contributed by atoms with E-state index in [0.717, 1.165) is 13.0 Å². The molecule has 6 heteroatoms. The number of nitrogens with zero attached hydrogens (tertiary/aromatic N) is 2. The van der Waals surface area contributed by atoms with E-state index < -0.39 is 0 Å². The average Bonchev–Trinajstić information content (AvgIpc) is 2.26. The van der Waals surface area contributed by atoms with Crippen LogP contribution in [0.3, 0.4) is 0 Å². The fourth-order valence-electron chi connectivity index (χ4n) is 1.38. The number of nitrogens with two attached hydrogens (primary N) is 1. The molecule has 0 spiro atoms. The molecule has 1 aromatic rings. The van der Waals surface area contributed by atoms with Crippen molar-refractivity contribution >= 4 is 34.8 Å². The number of rotatable bonds is 5. The highest BCUT2D eigenvalue weighted by molar-refractivity contribution is 6.37. The number of anilines is 2. The van der Waals surface area contributed by atoms with Crippen LogP contribution in [0.4, 0.5) is 11.6 Å². The van der Waals surface area contributed by atoms with Crippen molar-refractivity contribution in [3.63, 3.8) is 0 Å². The van der Waals surface area contributed by atoms with Crippen LogP contribution in [0.25, 0.3) is 0 Å². The molecule has 0 bridgehead atoms. The Bertz CT molecular complexity index is 382. The minimum absolute atomic E-state index is 0.415.